The van der Waals surface area contributed by atoms with Crippen molar-refractivity contribution in [3.8, 4) is 0 Å². The fourth-order valence-electron chi connectivity index (χ4n) is 1.54. The minimum atomic E-state index is -0.448. The SMILES string of the molecule is NNC(=O)c1coc(CSc2ccccc2[N+](=O)[O-])c1. The Bertz CT molecular complexity index is 641. The lowest BCUT2D eigenvalue weighted by Gasteiger charge is -2.00. The molecular formula is C12H11N3O4S. The number of benzene rings is 1. The number of rotatable bonds is 5. The summed E-state index contributed by atoms with van der Waals surface area (Å²) >= 11 is 1.26. The summed E-state index contributed by atoms with van der Waals surface area (Å²) in [7, 11) is 0. The van der Waals surface area contributed by atoms with E-state index in [-0.39, 0.29) is 5.69 Å². The molecule has 0 unspecified atom stereocenters. The number of para-hydroxylation sites is 1. The summed E-state index contributed by atoms with van der Waals surface area (Å²) in [4.78, 5) is 22.2. The van der Waals surface area contributed by atoms with Crippen molar-refractivity contribution in [3.05, 3.63) is 58.0 Å². The first-order valence-corrected chi connectivity index (χ1v) is 6.55. The van der Waals surface area contributed by atoms with Gasteiger partial charge in [0.15, 0.2) is 0 Å². The molecular weight excluding hydrogens is 282 g/mol. The number of carbonyl (C=O) groups is 1. The standard InChI is InChI=1S/C12H11N3O4S/c13-14-12(16)8-5-9(19-6-8)7-20-11-4-2-1-3-10(11)15(17)18/h1-6H,7,13H2,(H,14,16). The number of hydrogen-bond donors (Lipinski definition) is 2. The van der Waals surface area contributed by atoms with Gasteiger partial charge in [-0.05, 0) is 12.1 Å². The second-order valence-electron chi connectivity index (χ2n) is 3.79. The zero-order chi connectivity index (χ0) is 14.5. The molecule has 104 valence electrons. The van der Waals surface area contributed by atoms with Gasteiger partial charge in [0.2, 0.25) is 0 Å². The first-order chi connectivity index (χ1) is 9.61. The normalized spacial score (nSPS) is 10.2. The predicted molar refractivity (Wildman–Crippen MR) is 73.0 cm³/mol. The number of nitro benzene ring substituents is 1. The van der Waals surface area contributed by atoms with Crippen LogP contribution < -0.4 is 11.3 Å². The molecule has 0 spiro atoms. The minimum Gasteiger partial charge on any atom is -0.468 e. The maximum Gasteiger partial charge on any atom is 0.282 e. The van der Waals surface area contributed by atoms with E-state index in [0.29, 0.717) is 22.0 Å². The Morgan fingerprint density at radius 2 is 2.20 bits per heavy atom. The van der Waals surface area contributed by atoms with E-state index in [1.54, 1.807) is 24.3 Å². The Kier molecular flexibility index (Phi) is 4.38. The van der Waals surface area contributed by atoms with Crippen molar-refractivity contribution >= 4 is 23.4 Å². The Morgan fingerprint density at radius 3 is 2.90 bits per heavy atom. The zero-order valence-electron chi connectivity index (χ0n) is 10.2. The van der Waals surface area contributed by atoms with Gasteiger partial charge in [-0.3, -0.25) is 20.3 Å². The van der Waals surface area contributed by atoms with Crippen LogP contribution in [0.5, 0.6) is 0 Å². The molecule has 8 heteroatoms. The Hall–Kier alpha value is -2.32. The number of hydrogen-bond acceptors (Lipinski definition) is 6. The van der Waals surface area contributed by atoms with Crippen LogP contribution >= 0.6 is 11.8 Å². The van der Waals surface area contributed by atoms with E-state index in [0.717, 1.165) is 0 Å². The van der Waals surface area contributed by atoms with Crippen LogP contribution in [0.25, 0.3) is 0 Å². The largest absolute Gasteiger partial charge is 0.468 e. The summed E-state index contributed by atoms with van der Waals surface area (Å²) in [5.41, 5.74) is 2.35. The molecule has 0 aliphatic rings. The van der Waals surface area contributed by atoms with Crippen LogP contribution in [0.15, 0.2) is 45.9 Å². The van der Waals surface area contributed by atoms with Gasteiger partial charge >= 0.3 is 0 Å². The third kappa shape index (κ3) is 3.16. The molecule has 3 N–H and O–H groups in total. The molecule has 2 rings (SSSR count). The number of nitrogen functional groups attached to an aromatic ring is 1. The second-order valence-corrected chi connectivity index (χ2v) is 4.81. The molecule has 0 saturated carbocycles. The highest BCUT2D eigenvalue weighted by Crippen LogP contribution is 2.31. The number of carbonyl (C=O) groups excluding carboxylic acids is 1. The summed E-state index contributed by atoms with van der Waals surface area (Å²) < 4.78 is 5.20. The molecule has 0 atom stereocenters. The van der Waals surface area contributed by atoms with Crippen molar-refractivity contribution in [2.24, 2.45) is 5.84 Å². The van der Waals surface area contributed by atoms with Gasteiger partial charge in [-0.25, -0.2) is 5.84 Å². The number of hydrazine groups is 1. The number of nitrogens with zero attached hydrogens (tertiary/aromatic N) is 1. The van der Waals surface area contributed by atoms with Crippen LogP contribution in [-0.2, 0) is 5.75 Å². The van der Waals surface area contributed by atoms with Crippen molar-refractivity contribution in [2.75, 3.05) is 0 Å². The van der Waals surface area contributed by atoms with E-state index >= 15 is 0 Å². The van der Waals surface area contributed by atoms with Crippen LogP contribution in [0.2, 0.25) is 0 Å². The predicted octanol–water partition coefficient (Wildman–Crippen LogP) is 2.08. The number of nitro groups is 1. The van der Waals surface area contributed by atoms with Crippen molar-refractivity contribution in [3.63, 3.8) is 0 Å². The van der Waals surface area contributed by atoms with E-state index in [4.69, 9.17) is 10.3 Å². The Morgan fingerprint density at radius 1 is 1.45 bits per heavy atom. The van der Waals surface area contributed by atoms with Gasteiger partial charge in [-0.1, -0.05) is 12.1 Å². The van der Waals surface area contributed by atoms with Gasteiger partial charge in [0.25, 0.3) is 11.6 Å². The quantitative estimate of drug-likeness (QED) is 0.287. The smallest absolute Gasteiger partial charge is 0.282 e. The second kappa shape index (κ2) is 6.22. The van der Waals surface area contributed by atoms with E-state index in [1.807, 2.05) is 5.43 Å². The monoisotopic (exact) mass is 293 g/mol. The van der Waals surface area contributed by atoms with Gasteiger partial charge in [0.1, 0.15) is 12.0 Å². The minimum absolute atomic E-state index is 0.0454. The van der Waals surface area contributed by atoms with Crippen LogP contribution in [0, 0.1) is 10.1 Å². The molecule has 1 amide bonds. The van der Waals surface area contributed by atoms with E-state index in [2.05, 4.69) is 0 Å². The third-order valence-electron chi connectivity index (χ3n) is 2.48. The van der Waals surface area contributed by atoms with E-state index < -0.39 is 10.8 Å². The van der Waals surface area contributed by atoms with Crippen LogP contribution in [0.3, 0.4) is 0 Å². The van der Waals surface area contributed by atoms with Crippen LogP contribution in [0.1, 0.15) is 16.1 Å². The Balaban J connectivity index is 2.07. The third-order valence-corrected chi connectivity index (χ3v) is 3.56. The van der Waals surface area contributed by atoms with Crippen molar-refractivity contribution in [1.29, 1.82) is 0 Å². The van der Waals surface area contributed by atoms with E-state index in [9.17, 15) is 14.9 Å². The molecule has 1 aromatic carbocycles. The molecule has 0 radical (unpaired) electrons. The number of thioether (sulfide) groups is 1. The lowest BCUT2D eigenvalue weighted by atomic mass is 10.3. The van der Waals surface area contributed by atoms with Crippen molar-refractivity contribution in [1.82, 2.24) is 5.43 Å². The highest BCUT2D eigenvalue weighted by molar-refractivity contribution is 7.98. The Labute approximate surface area is 118 Å². The number of nitrogens with two attached hydrogens (primary N) is 1. The number of nitrogens with one attached hydrogen (secondary N) is 1. The first kappa shape index (κ1) is 14.1. The fourth-order valence-corrected chi connectivity index (χ4v) is 2.45. The average molecular weight is 293 g/mol. The maximum atomic E-state index is 11.3. The van der Waals surface area contributed by atoms with Crippen molar-refractivity contribution < 1.29 is 14.1 Å². The van der Waals surface area contributed by atoms with Crippen LogP contribution in [0.4, 0.5) is 5.69 Å². The molecule has 2 aromatic rings. The summed E-state index contributed by atoms with van der Waals surface area (Å²) in [5.74, 6) is 5.47. The molecule has 0 saturated heterocycles. The summed E-state index contributed by atoms with van der Waals surface area (Å²) in [6.07, 6.45) is 1.29. The number of amides is 1. The topological polar surface area (TPSA) is 111 Å². The average Bonchev–Trinajstić information content (AvgIpc) is 2.93. The van der Waals surface area contributed by atoms with Gasteiger partial charge in [-0.15, -0.1) is 11.8 Å². The molecule has 0 aliphatic heterocycles. The molecule has 1 aromatic heterocycles. The lowest BCUT2D eigenvalue weighted by Crippen LogP contribution is -2.29. The molecule has 1 heterocycles. The van der Waals surface area contributed by atoms with Gasteiger partial charge in [0, 0.05) is 6.07 Å². The first-order valence-electron chi connectivity index (χ1n) is 5.56. The van der Waals surface area contributed by atoms with Crippen molar-refractivity contribution in [2.45, 2.75) is 10.6 Å². The van der Waals surface area contributed by atoms with Gasteiger partial charge in [0.05, 0.1) is 21.1 Å². The van der Waals surface area contributed by atoms with E-state index in [1.165, 1.54) is 24.1 Å². The van der Waals surface area contributed by atoms with Crippen LogP contribution in [-0.4, -0.2) is 10.8 Å². The van der Waals surface area contributed by atoms with Gasteiger partial charge in [-0.2, -0.15) is 0 Å². The zero-order valence-corrected chi connectivity index (χ0v) is 11.1. The lowest BCUT2D eigenvalue weighted by molar-refractivity contribution is -0.387. The summed E-state index contributed by atoms with van der Waals surface area (Å²) in [5, 5.41) is 10.9. The maximum absolute atomic E-state index is 11.3. The molecule has 0 aliphatic carbocycles. The highest BCUT2D eigenvalue weighted by atomic mass is 32.2. The summed E-state index contributed by atoms with van der Waals surface area (Å²) in [6.45, 7) is 0. The molecule has 7 nitrogen and oxygen atoms in total. The number of furan rings is 1. The fraction of sp³-hybridized carbons (Fsp3) is 0.0833. The van der Waals surface area contributed by atoms with Gasteiger partial charge < -0.3 is 4.42 Å². The molecule has 0 bridgehead atoms. The molecule has 20 heavy (non-hydrogen) atoms. The summed E-state index contributed by atoms with van der Waals surface area (Å²) in [6, 6.07) is 7.99. The molecule has 0 fully saturated rings. The highest BCUT2D eigenvalue weighted by Gasteiger charge is 2.14.